The second-order valence-electron chi connectivity index (χ2n) is 5.61. The lowest BCUT2D eigenvalue weighted by molar-refractivity contribution is -0.130. The van der Waals surface area contributed by atoms with E-state index in [1.807, 2.05) is 53.4 Å². The molecule has 1 aliphatic heterocycles. The Kier molecular flexibility index (Phi) is 4.33. The van der Waals surface area contributed by atoms with Crippen molar-refractivity contribution in [2.75, 3.05) is 13.1 Å². The number of carbonyl (C=O) groups is 2. The van der Waals surface area contributed by atoms with Crippen molar-refractivity contribution in [3.8, 4) is 0 Å². The predicted octanol–water partition coefficient (Wildman–Crippen LogP) is 3.28. The highest BCUT2D eigenvalue weighted by molar-refractivity contribution is 6.14. The lowest BCUT2D eigenvalue weighted by Gasteiger charge is -2.22. The van der Waals surface area contributed by atoms with Gasteiger partial charge in [0.1, 0.15) is 5.92 Å². The van der Waals surface area contributed by atoms with Crippen molar-refractivity contribution in [2.45, 2.75) is 18.8 Å². The van der Waals surface area contributed by atoms with Gasteiger partial charge in [-0.25, -0.2) is 0 Å². The SMILES string of the molecule is O=C(c1ccccc1)C(C(=O)N1CCCC1)c1ccccc1. The normalized spacial score (nSPS) is 15.5. The molecule has 1 saturated heterocycles. The zero-order chi connectivity index (χ0) is 15.4. The van der Waals surface area contributed by atoms with Crippen LogP contribution >= 0.6 is 0 Å². The lowest BCUT2D eigenvalue weighted by Crippen LogP contribution is -2.36. The van der Waals surface area contributed by atoms with Gasteiger partial charge < -0.3 is 4.90 Å². The van der Waals surface area contributed by atoms with E-state index < -0.39 is 5.92 Å². The zero-order valence-electron chi connectivity index (χ0n) is 12.4. The maximum Gasteiger partial charge on any atom is 0.238 e. The Morgan fingerprint density at radius 2 is 1.36 bits per heavy atom. The maximum atomic E-state index is 12.9. The van der Waals surface area contributed by atoms with Crippen molar-refractivity contribution in [1.29, 1.82) is 0 Å². The number of hydrogen-bond acceptors (Lipinski definition) is 2. The molecule has 0 N–H and O–H groups in total. The second kappa shape index (κ2) is 6.56. The number of Topliss-reactive ketones (excluding diaryl/α,β-unsaturated/α-hetero) is 1. The summed E-state index contributed by atoms with van der Waals surface area (Å²) in [4.78, 5) is 27.6. The van der Waals surface area contributed by atoms with Crippen molar-refractivity contribution >= 4 is 11.7 Å². The van der Waals surface area contributed by atoms with E-state index in [1.54, 1.807) is 12.1 Å². The fraction of sp³-hybridized carbons (Fsp3) is 0.263. The molecule has 1 atom stereocenters. The molecule has 1 heterocycles. The average Bonchev–Trinajstić information content (AvgIpc) is 3.11. The summed E-state index contributed by atoms with van der Waals surface area (Å²) in [5.41, 5.74) is 1.36. The molecular formula is C19H19NO2. The minimum absolute atomic E-state index is 0.0717. The number of carbonyl (C=O) groups excluding carboxylic acids is 2. The van der Waals surface area contributed by atoms with Gasteiger partial charge >= 0.3 is 0 Å². The number of amides is 1. The third kappa shape index (κ3) is 2.93. The van der Waals surface area contributed by atoms with E-state index in [2.05, 4.69) is 0 Å². The number of benzene rings is 2. The number of rotatable bonds is 4. The van der Waals surface area contributed by atoms with Crippen LogP contribution in [0, 0.1) is 0 Å². The predicted molar refractivity (Wildman–Crippen MR) is 85.8 cm³/mol. The first kappa shape index (κ1) is 14.5. The summed E-state index contributed by atoms with van der Waals surface area (Å²) in [6, 6.07) is 18.4. The van der Waals surface area contributed by atoms with Crippen LogP contribution in [0.2, 0.25) is 0 Å². The molecule has 2 aromatic carbocycles. The van der Waals surface area contributed by atoms with Gasteiger partial charge in [-0.3, -0.25) is 9.59 Å². The zero-order valence-corrected chi connectivity index (χ0v) is 12.4. The van der Waals surface area contributed by atoms with E-state index in [0.717, 1.165) is 31.5 Å². The fourth-order valence-corrected chi connectivity index (χ4v) is 2.94. The number of likely N-dealkylation sites (tertiary alicyclic amines) is 1. The summed E-state index contributed by atoms with van der Waals surface area (Å²) in [7, 11) is 0. The molecule has 0 spiro atoms. The Morgan fingerprint density at radius 1 is 0.818 bits per heavy atom. The van der Waals surface area contributed by atoms with E-state index >= 15 is 0 Å². The second-order valence-corrected chi connectivity index (χ2v) is 5.61. The lowest BCUT2D eigenvalue weighted by atomic mass is 9.89. The van der Waals surface area contributed by atoms with Crippen LogP contribution in [0.3, 0.4) is 0 Å². The van der Waals surface area contributed by atoms with Crippen molar-refractivity contribution in [3.05, 3.63) is 71.8 Å². The summed E-state index contributed by atoms with van der Waals surface area (Å²) in [5, 5.41) is 0. The van der Waals surface area contributed by atoms with Gasteiger partial charge in [0.2, 0.25) is 5.91 Å². The topological polar surface area (TPSA) is 37.4 Å². The van der Waals surface area contributed by atoms with Gasteiger partial charge in [0.15, 0.2) is 5.78 Å². The molecule has 0 radical (unpaired) electrons. The standard InChI is InChI=1S/C19H19NO2/c21-18(16-11-5-2-6-12-16)17(15-9-3-1-4-10-15)19(22)20-13-7-8-14-20/h1-6,9-12,17H,7-8,13-14H2. The van der Waals surface area contributed by atoms with E-state index in [9.17, 15) is 9.59 Å². The first-order valence-electron chi connectivity index (χ1n) is 7.70. The Balaban J connectivity index is 1.96. The quantitative estimate of drug-likeness (QED) is 0.641. The van der Waals surface area contributed by atoms with Crippen LogP contribution in [0.4, 0.5) is 0 Å². The smallest absolute Gasteiger partial charge is 0.238 e. The first-order valence-corrected chi connectivity index (χ1v) is 7.70. The molecule has 1 aliphatic rings. The van der Waals surface area contributed by atoms with Gasteiger partial charge in [0, 0.05) is 18.7 Å². The van der Waals surface area contributed by atoms with Gasteiger partial charge in [0.05, 0.1) is 0 Å². The molecule has 2 aromatic rings. The van der Waals surface area contributed by atoms with Crippen LogP contribution < -0.4 is 0 Å². The van der Waals surface area contributed by atoms with Crippen molar-refractivity contribution in [2.24, 2.45) is 0 Å². The molecular weight excluding hydrogens is 274 g/mol. The summed E-state index contributed by atoms with van der Waals surface area (Å²) < 4.78 is 0. The van der Waals surface area contributed by atoms with E-state index in [-0.39, 0.29) is 11.7 Å². The summed E-state index contributed by atoms with van der Waals surface area (Å²) in [6.45, 7) is 1.51. The third-order valence-corrected chi connectivity index (χ3v) is 4.12. The van der Waals surface area contributed by atoms with Crippen LogP contribution in [0.1, 0.15) is 34.7 Å². The van der Waals surface area contributed by atoms with E-state index in [4.69, 9.17) is 0 Å². The molecule has 3 heteroatoms. The largest absolute Gasteiger partial charge is 0.342 e. The van der Waals surface area contributed by atoms with Crippen molar-refractivity contribution in [1.82, 2.24) is 4.90 Å². The highest BCUT2D eigenvalue weighted by atomic mass is 16.2. The minimum atomic E-state index is -0.735. The molecule has 3 nitrogen and oxygen atoms in total. The molecule has 3 rings (SSSR count). The molecule has 112 valence electrons. The van der Waals surface area contributed by atoms with Gasteiger partial charge in [-0.1, -0.05) is 60.7 Å². The third-order valence-electron chi connectivity index (χ3n) is 4.12. The highest BCUT2D eigenvalue weighted by Gasteiger charge is 2.33. The van der Waals surface area contributed by atoms with Crippen LogP contribution in [-0.4, -0.2) is 29.7 Å². The molecule has 0 bridgehead atoms. The summed E-state index contributed by atoms with van der Waals surface area (Å²) in [5.74, 6) is -0.928. The van der Waals surface area contributed by atoms with Gasteiger partial charge in [-0.15, -0.1) is 0 Å². The van der Waals surface area contributed by atoms with Crippen molar-refractivity contribution in [3.63, 3.8) is 0 Å². The van der Waals surface area contributed by atoms with Gasteiger partial charge in [-0.2, -0.15) is 0 Å². The molecule has 22 heavy (non-hydrogen) atoms. The monoisotopic (exact) mass is 293 g/mol. The molecule has 0 saturated carbocycles. The van der Waals surface area contributed by atoms with E-state index in [0.29, 0.717) is 5.56 Å². The van der Waals surface area contributed by atoms with Gasteiger partial charge in [0.25, 0.3) is 0 Å². The Bertz CT molecular complexity index is 646. The van der Waals surface area contributed by atoms with Gasteiger partial charge in [-0.05, 0) is 18.4 Å². The van der Waals surface area contributed by atoms with Crippen molar-refractivity contribution < 1.29 is 9.59 Å². The Hall–Kier alpha value is -2.42. The molecule has 0 aromatic heterocycles. The molecule has 1 unspecified atom stereocenters. The highest BCUT2D eigenvalue weighted by Crippen LogP contribution is 2.25. The van der Waals surface area contributed by atoms with E-state index in [1.165, 1.54) is 0 Å². The fourth-order valence-electron chi connectivity index (χ4n) is 2.94. The Labute approximate surface area is 130 Å². The number of hydrogen-bond donors (Lipinski definition) is 0. The molecule has 1 fully saturated rings. The maximum absolute atomic E-state index is 12.9. The number of ketones is 1. The minimum Gasteiger partial charge on any atom is -0.342 e. The molecule has 0 aliphatic carbocycles. The van der Waals surface area contributed by atoms with Crippen LogP contribution in [0.15, 0.2) is 60.7 Å². The van der Waals surface area contributed by atoms with Crippen LogP contribution in [0.25, 0.3) is 0 Å². The summed E-state index contributed by atoms with van der Waals surface area (Å²) in [6.07, 6.45) is 2.04. The Morgan fingerprint density at radius 3 is 1.95 bits per heavy atom. The van der Waals surface area contributed by atoms with Crippen LogP contribution in [-0.2, 0) is 4.79 Å². The number of nitrogens with zero attached hydrogens (tertiary/aromatic N) is 1. The summed E-state index contributed by atoms with van der Waals surface area (Å²) >= 11 is 0. The first-order chi connectivity index (χ1) is 10.8. The average molecular weight is 293 g/mol. The molecule has 1 amide bonds. The van der Waals surface area contributed by atoms with Crippen LogP contribution in [0.5, 0.6) is 0 Å².